The number of carbonyl (C=O) groups excluding carboxylic acids is 1. The van der Waals surface area contributed by atoms with Gasteiger partial charge in [0.2, 0.25) is 5.91 Å². The van der Waals surface area contributed by atoms with Gasteiger partial charge in [-0.15, -0.1) is 0 Å². The molecule has 0 aromatic heterocycles. The fourth-order valence-corrected chi connectivity index (χ4v) is 1.70. The standard InChI is InChI=1S/C14H21FN2O/c1-4-9-16-14(18)11(3)17-10(2)12-5-7-13(15)8-6-12/h5-8,10-11,17H,4,9H2,1-3H3,(H,16,18)/t10-,11?/m1/s1. The van der Waals surface area contributed by atoms with Gasteiger partial charge < -0.3 is 5.32 Å². The summed E-state index contributed by atoms with van der Waals surface area (Å²) in [7, 11) is 0. The van der Waals surface area contributed by atoms with E-state index in [1.54, 1.807) is 12.1 Å². The normalized spacial score (nSPS) is 14.0. The molecule has 0 bridgehead atoms. The van der Waals surface area contributed by atoms with Crippen molar-refractivity contribution in [3.8, 4) is 0 Å². The molecule has 1 amide bonds. The second kappa shape index (κ2) is 7.11. The number of benzene rings is 1. The van der Waals surface area contributed by atoms with Crippen LogP contribution in [0.2, 0.25) is 0 Å². The maximum atomic E-state index is 12.8. The van der Waals surface area contributed by atoms with Crippen molar-refractivity contribution in [2.24, 2.45) is 0 Å². The summed E-state index contributed by atoms with van der Waals surface area (Å²) in [5.74, 6) is -0.259. The molecule has 0 fully saturated rings. The van der Waals surface area contributed by atoms with E-state index in [-0.39, 0.29) is 23.8 Å². The highest BCUT2D eigenvalue weighted by Crippen LogP contribution is 2.13. The number of hydrogen-bond acceptors (Lipinski definition) is 2. The van der Waals surface area contributed by atoms with Crippen molar-refractivity contribution in [1.82, 2.24) is 10.6 Å². The van der Waals surface area contributed by atoms with Crippen LogP contribution in [0.4, 0.5) is 4.39 Å². The molecule has 0 aliphatic heterocycles. The molecule has 2 atom stereocenters. The van der Waals surface area contributed by atoms with Gasteiger partial charge in [-0.25, -0.2) is 4.39 Å². The van der Waals surface area contributed by atoms with Gasteiger partial charge in [0.25, 0.3) is 0 Å². The molecule has 0 heterocycles. The van der Waals surface area contributed by atoms with Crippen molar-refractivity contribution >= 4 is 5.91 Å². The molecule has 0 aliphatic carbocycles. The number of amides is 1. The molecular weight excluding hydrogens is 231 g/mol. The molecular formula is C14H21FN2O. The van der Waals surface area contributed by atoms with E-state index < -0.39 is 0 Å². The van der Waals surface area contributed by atoms with Gasteiger partial charge in [-0.2, -0.15) is 0 Å². The molecule has 1 aromatic carbocycles. The Morgan fingerprint density at radius 1 is 1.28 bits per heavy atom. The number of nitrogens with one attached hydrogen (secondary N) is 2. The van der Waals surface area contributed by atoms with Crippen molar-refractivity contribution in [3.05, 3.63) is 35.6 Å². The molecule has 0 saturated carbocycles. The van der Waals surface area contributed by atoms with E-state index >= 15 is 0 Å². The molecule has 0 radical (unpaired) electrons. The first-order chi connectivity index (χ1) is 8.54. The van der Waals surface area contributed by atoms with Gasteiger partial charge in [0.15, 0.2) is 0 Å². The molecule has 1 aromatic rings. The smallest absolute Gasteiger partial charge is 0.236 e. The summed E-state index contributed by atoms with van der Waals surface area (Å²) in [5, 5.41) is 6.03. The lowest BCUT2D eigenvalue weighted by molar-refractivity contribution is -0.122. The van der Waals surface area contributed by atoms with Crippen LogP contribution in [0.25, 0.3) is 0 Å². The van der Waals surface area contributed by atoms with Crippen LogP contribution in [0.1, 0.15) is 38.8 Å². The van der Waals surface area contributed by atoms with E-state index in [0.29, 0.717) is 6.54 Å². The zero-order valence-electron chi connectivity index (χ0n) is 11.2. The molecule has 2 N–H and O–H groups in total. The van der Waals surface area contributed by atoms with E-state index in [0.717, 1.165) is 12.0 Å². The molecule has 0 saturated heterocycles. The van der Waals surface area contributed by atoms with Gasteiger partial charge in [-0.05, 0) is 38.0 Å². The highest BCUT2D eigenvalue weighted by molar-refractivity contribution is 5.81. The van der Waals surface area contributed by atoms with Gasteiger partial charge in [0, 0.05) is 12.6 Å². The average molecular weight is 252 g/mol. The van der Waals surface area contributed by atoms with Crippen molar-refractivity contribution in [1.29, 1.82) is 0 Å². The summed E-state index contributed by atoms with van der Waals surface area (Å²) in [6, 6.07) is 6.04. The SMILES string of the molecule is CCCNC(=O)C(C)N[C@H](C)c1ccc(F)cc1. The van der Waals surface area contributed by atoms with Gasteiger partial charge in [-0.3, -0.25) is 10.1 Å². The minimum absolute atomic E-state index is 0.00739. The highest BCUT2D eigenvalue weighted by atomic mass is 19.1. The fourth-order valence-electron chi connectivity index (χ4n) is 1.70. The van der Waals surface area contributed by atoms with Crippen LogP contribution in [0, 0.1) is 5.82 Å². The van der Waals surface area contributed by atoms with Gasteiger partial charge >= 0.3 is 0 Å². The molecule has 1 unspecified atom stereocenters. The second-order valence-corrected chi connectivity index (χ2v) is 4.45. The first kappa shape index (κ1) is 14.6. The predicted octanol–water partition coefficient (Wildman–Crippen LogP) is 2.39. The van der Waals surface area contributed by atoms with Crippen molar-refractivity contribution in [2.45, 2.75) is 39.3 Å². The Bertz CT molecular complexity index is 378. The molecule has 1 rings (SSSR count). The van der Waals surface area contributed by atoms with Crippen molar-refractivity contribution < 1.29 is 9.18 Å². The van der Waals surface area contributed by atoms with Gasteiger partial charge in [0.1, 0.15) is 5.82 Å². The number of halogens is 1. The Balaban J connectivity index is 2.50. The summed E-state index contributed by atoms with van der Waals surface area (Å²) in [5.41, 5.74) is 0.964. The predicted molar refractivity (Wildman–Crippen MR) is 70.7 cm³/mol. The molecule has 18 heavy (non-hydrogen) atoms. The second-order valence-electron chi connectivity index (χ2n) is 4.45. The third-order valence-electron chi connectivity index (χ3n) is 2.81. The molecule has 3 nitrogen and oxygen atoms in total. The third-order valence-corrected chi connectivity index (χ3v) is 2.81. The summed E-state index contributed by atoms with van der Waals surface area (Å²) < 4.78 is 12.8. The van der Waals surface area contributed by atoms with E-state index in [9.17, 15) is 9.18 Å². The average Bonchev–Trinajstić information content (AvgIpc) is 2.36. The van der Waals surface area contributed by atoms with Crippen molar-refractivity contribution in [2.75, 3.05) is 6.54 Å². The lowest BCUT2D eigenvalue weighted by atomic mass is 10.1. The third kappa shape index (κ3) is 4.45. The highest BCUT2D eigenvalue weighted by Gasteiger charge is 2.15. The van der Waals surface area contributed by atoms with E-state index in [2.05, 4.69) is 10.6 Å². The number of carbonyl (C=O) groups is 1. The zero-order chi connectivity index (χ0) is 13.5. The number of rotatable bonds is 6. The fraction of sp³-hybridized carbons (Fsp3) is 0.500. The van der Waals surface area contributed by atoms with Crippen LogP contribution in [-0.2, 0) is 4.79 Å². The molecule has 100 valence electrons. The summed E-state index contributed by atoms with van der Waals surface area (Å²) in [4.78, 5) is 11.7. The number of hydrogen-bond donors (Lipinski definition) is 2. The first-order valence-electron chi connectivity index (χ1n) is 6.33. The Hall–Kier alpha value is -1.42. The van der Waals surface area contributed by atoms with Crippen LogP contribution < -0.4 is 10.6 Å². The molecule has 0 aliphatic rings. The largest absolute Gasteiger partial charge is 0.355 e. The summed E-state index contributed by atoms with van der Waals surface area (Å²) in [6.45, 7) is 6.48. The summed E-state index contributed by atoms with van der Waals surface area (Å²) in [6.07, 6.45) is 0.923. The van der Waals surface area contributed by atoms with E-state index in [1.165, 1.54) is 12.1 Å². The van der Waals surface area contributed by atoms with Crippen LogP contribution in [0.5, 0.6) is 0 Å². The Morgan fingerprint density at radius 2 is 1.89 bits per heavy atom. The topological polar surface area (TPSA) is 41.1 Å². The zero-order valence-corrected chi connectivity index (χ0v) is 11.2. The van der Waals surface area contributed by atoms with Crippen LogP contribution >= 0.6 is 0 Å². The monoisotopic (exact) mass is 252 g/mol. The van der Waals surface area contributed by atoms with E-state index in [4.69, 9.17) is 0 Å². The van der Waals surface area contributed by atoms with Gasteiger partial charge in [-0.1, -0.05) is 19.1 Å². The Morgan fingerprint density at radius 3 is 2.44 bits per heavy atom. The quantitative estimate of drug-likeness (QED) is 0.816. The maximum absolute atomic E-state index is 12.8. The van der Waals surface area contributed by atoms with E-state index in [1.807, 2.05) is 20.8 Å². The van der Waals surface area contributed by atoms with Crippen LogP contribution in [-0.4, -0.2) is 18.5 Å². The van der Waals surface area contributed by atoms with Crippen molar-refractivity contribution in [3.63, 3.8) is 0 Å². The van der Waals surface area contributed by atoms with Crippen LogP contribution in [0.15, 0.2) is 24.3 Å². The Kier molecular flexibility index (Phi) is 5.78. The lowest BCUT2D eigenvalue weighted by Gasteiger charge is -2.19. The first-order valence-corrected chi connectivity index (χ1v) is 6.33. The molecule has 4 heteroatoms. The Labute approximate surface area is 108 Å². The van der Waals surface area contributed by atoms with Crippen LogP contribution in [0.3, 0.4) is 0 Å². The molecule has 0 spiro atoms. The minimum Gasteiger partial charge on any atom is -0.355 e. The minimum atomic E-state index is -0.267. The lowest BCUT2D eigenvalue weighted by Crippen LogP contribution is -2.43. The van der Waals surface area contributed by atoms with Gasteiger partial charge in [0.05, 0.1) is 6.04 Å². The summed E-state index contributed by atoms with van der Waals surface area (Å²) >= 11 is 0. The maximum Gasteiger partial charge on any atom is 0.236 e.